The summed E-state index contributed by atoms with van der Waals surface area (Å²) in [5.74, 6) is -0.193. The highest BCUT2D eigenvalue weighted by atomic mass is 32.2. The Morgan fingerprint density at radius 3 is 1.24 bits per heavy atom. The minimum atomic E-state index is -3.67. The predicted molar refractivity (Wildman–Crippen MR) is 224 cm³/mol. The molecule has 1 rings (SSSR count). The fourth-order valence-electron chi connectivity index (χ4n) is 6.28. The molecule has 1 unspecified atom stereocenters. The standard InChI is InChI=1S/C43H77NO5.CH4O3S/c1-5-7-9-11-13-15-17-19-21-23-25-27-29-31-42(46)48-40-34-33-38(39(45)36-44-37(3)4)35-41(40)49-43(47)32-30-28-26-24-22-20-18-16-14-12-10-8-6-2;1-5(2,3)4/h33-35,37,39,44-45H,5-32,36H2,1-4H3;1H3,(H,2,3,4). The molecule has 0 aliphatic heterocycles. The number of nitrogens with one attached hydrogen (secondary N) is 1. The monoisotopic (exact) mass is 784 g/mol. The van der Waals surface area contributed by atoms with Crippen molar-refractivity contribution in [2.45, 2.75) is 220 Å². The molecule has 0 bridgehead atoms. The highest BCUT2D eigenvalue weighted by molar-refractivity contribution is 7.85. The number of hydrogen-bond acceptors (Lipinski definition) is 8. The van der Waals surface area contributed by atoms with E-state index in [0.29, 0.717) is 31.2 Å². The normalized spacial score (nSPS) is 12.0. The molecule has 0 saturated carbocycles. The maximum Gasteiger partial charge on any atom is 0.311 e. The Morgan fingerprint density at radius 1 is 0.593 bits per heavy atom. The molecule has 1 aromatic rings. The third-order valence-electron chi connectivity index (χ3n) is 9.49. The van der Waals surface area contributed by atoms with Gasteiger partial charge in [-0.1, -0.05) is 188 Å². The van der Waals surface area contributed by atoms with Gasteiger partial charge in [-0.15, -0.1) is 0 Å². The number of unbranched alkanes of at least 4 members (excludes halogenated alkanes) is 24. The van der Waals surface area contributed by atoms with E-state index in [-0.39, 0.29) is 29.5 Å². The van der Waals surface area contributed by atoms with Crippen LogP contribution >= 0.6 is 0 Å². The van der Waals surface area contributed by atoms with Gasteiger partial charge in [0.25, 0.3) is 10.1 Å². The van der Waals surface area contributed by atoms with Gasteiger partial charge < -0.3 is 19.9 Å². The van der Waals surface area contributed by atoms with Crippen molar-refractivity contribution in [3.63, 3.8) is 0 Å². The van der Waals surface area contributed by atoms with E-state index in [0.717, 1.165) is 38.5 Å². The fourth-order valence-corrected chi connectivity index (χ4v) is 6.28. The minimum Gasteiger partial charge on any atom is -0.423 e. The van der Waals surface area contributed by atoms with Gasteiger partial charge in [-0.3, -0.25) is 14.1 Å². The van der Waals surface area contributed by atoms with Crippen molar-refractivity contribution >= 4 is 22.1 Å². The summed E-state index contributed by atoms with van der Waals surface area (Å²) in [5, 5.41) is 13.9. The van der Waals surface area contributed by atoms with Crippen molar-refractivity contribution in [2.24, 2.45) is 0 Å². The second-order valence-electron chi connectivity index (χ2n) is 15.5. The number of benzene rings is 1. The summed E-state index contributed by atoms with van der Waals surface area (Å²) in [6.45, 7) is 8.95. The first-order valence-corrected chi connectivity index (χ1v) is 23.6. The van der Waals surface area contributed by atoms with Crippen molar-refractivity contribution in [1.29, 1.82) is 0 Å². The Labute approximate surface area is 331 Å². The van der Waals surface area contributed by atoms with E-state index >= 15 is 0 Å². The molecule has 1 atom stereocenters. The highest BCUT2D eigenvalue weighted by Crippen LogP contribution is 2.32. The van der Waals surface area contributed by atoms with Crippen LogP contribution in [0.1, 0.15) is 219 Å². The second-order valence-corrected chi connectivity index (χ2v) is 16.9. The van der Waals surface area contributed by atoms with Crippen molar-refractivity contribution in [1.82, 2.24) is 5.32 Å². The maximum absolute atomic E-state index is 12.8. The van der Waals surface area contributed by atoms with Crippen LogP contribution in [-0.4, -0.2) is 48.9 Å². The summed E-state index contributed by atoms with van der Waals surface area (Å²) >= 11 is 0. The van der Waals surface area contributed by atoms with Gasteiger partial charge in [0.15, 0.2) is 11.5 Å². The number of aliphatic hydroxyl groups excluding tert-OH is 1. The summed E-state index contributed by atoms with van der Waals surface area (Å²) in [4.78, 5) is 25.6. The summed E-state index contributed by atoms with van der Waals surface area (Å²) in [6.07, 6.45) is 33.1. The molecule has 0 fully saturated rings. The zero-order valence-electron chi connectivity index (χ0n) is 35.1. The van der Waals surface area contributed by atoms with Crippen LogP contribution in [0.3, 0.4) is 0 Å². The topological polar surface area (TPSA) is 139 Å². The van der Waals surface area contributed by atoms with E-state index in [2.05, 4.69) is 19.2 Å². The van der Waals surface area contributed by atoms with Gasteiger partial charge in [0.05, 0.1) is 12.4 Å². The molecule has 0 radical (unpaired) electrons. The molecule has 0 amide bonds. The van der Waals surface area contributed by atoms with Crippen LogP contribution in [0.2, 0.25) is 0 Å². The molecular formula is C44H81NO8S. The third kappa shape index (κ3) is 35.7. The number of carbonyl (C=O) groups excluding carboxylic acids is 2. The minimum absolute atomic E-state index is 0.208. The lowest BCUT2D eigenvalue weighted by atomic mass is 10.0. The van der Waals surface area contributed by atoms with Crippen molar-refractivity contribution < 1.29 is 37.1 Å². The Bertz CT molecular complexity index is 1150. The van der Waals surface area contributed by atoms with Crippen LogP contribution in [0.25, 0.3) is 0 Å². The first-order chi connectivity index (χ1) is 25.9. The van der Waals surface area contributed by atoms with E-state index in [1.54, 1.807) is 18.2 Å². The fraction of sp³-hybridized carbons (Fsp3) is 0.818. The molecule has 54 heavy (non-hydrogen) atoms. The molecule has 0 aliphatic carbocycles. The molecule has 0 saturated heterocycles. The molecule has 316 valence electrons. The van der Waals surface area contributed by atoms with Crippen LogP contribution in [0.5, 0.6) is 11.5 Å². The SMILES string of the molecule is CCCCCCCCCCCCCCCC(=O)Oc1ccc(C(O)CNC(C)C)cc1OC(=O)CCCCCCCCCCCCCCC.CS(=O)(=O)O. The van der Waals surface area contributed by atoms with E-state index in [4.69, 9.17) is 14.0 Å². The Morgan fingerprint density at radius 2 is 0.907 bits per heavy atom. The van der Waals surface area contributed by atoms with Gasteiger partial charge in [0.2, 0.25) is 0 Å². The van der Waals surface area contributed by atoms with Gasteiger partial charge in [0, 0.05) is 25.4 Å². The van der Waals surface area contributed by atoms with E-state index in [9.17, 15) is 23.1 Å². The van der Waals surface area contributed by atoms with Crippen LogP contribution in [0.15, 0.2) is 18.2 Å². The zero-order valence-corrected chi connectivity index (χ0v) is 36.0. The molecule has 10 heteroatoms. The summed E-state index contributed by atoms with van der Waals surface area (Å²) < 4.78 is 37.3. The summed E-state index contributed by atoms with van der Waals surface area (Å²) in [7, 11) is -3.67. The van der Waals surface area contributed by atoms with Crippen molar-refractivity contribution in [3.05, 3.63) is 23.8 Å². The molecule has 9 nitrogen and oxygen atoms in total. The van der Waals surface area contributed by atoms with Gasteiger partial charge >= 0.3 is 11.9 Å². The lowest BCUT2D eigenvalue weighted by Gasteiger charge is -2.17. The number of carbonyl (C=O) groups is 2. The van der Waals surface area contributed by atoms with Gasteiger partial charge in [-0.05, 0) is 30.5 Å². The molecule has 0 aromatic heterocycles. The number of esters is 2. The molecule has 0 heterocycles. The van der Waals surface area contributed by atoms with Gasteiger partial charge in [-0.25, -0.2) is 0 Å². The lowest BCUT2D eigenvalue weighted by Crippen LogP contribution is -2.27. The number of ether oxygens (including phenoxy) is 2. The first kappa shape index (κ1) is 52.0. The zero-order chi connectivity index (χ0) is 40.3. The maximum atomic E-state index is 12.8. The van der Waals surface area contributed by atoms with Gasteiger partial charge in [0.1, 0.15) is 0 Å². The Balaban J connectivity index is 0.00000524. The van der Waals surface area contributed by atoms with Crippen LogP contribution in [0, 0.1) is 0 Å². The lowest BCUT2D eigenvalue weighted by molar-refractivity contribution is -0.137. The highest BCUT2D eigenvalue weighted by Gasteiger charge is 2.18. The van der Waals surface area contributed by atoms with Crippen molar-refractivity contribution in [2.75, 3.05) is 12.8 Å². The van der Waals surface area contributed by atoms with Crippen LogP contribution < -0.4 is 14.8 Å². The number of hydrogen-bond donors (Lipinski definition) is 3. The number of rotatable bonds is 34. The summed E-state index contributed by atoms with van der Waals surface area (Å²) in [5.41, 5.74) is 0.619. The molecule has 0 aliphatic rings. The molecular weight excluding hydrogens is 703 g/mol. The van der Waals surface area contributed by atoms with Crippen LogP contribution in [-0.2, 0) is 19.7 Å². The Kier molecular flexibility index (Phi) is 34.1. The average Bonchev–Trinajstić information content (AvgIpc) is 3.11. The van der Waals surface area contributed by atoms with E-state index in [1.807, 2.05) is 13.8 Å². The second kappa shape index (κ2) is 35.4. The van der Waals surface area contributed by atoms with Crippen molar-refractivity contribution in [3.8, 4) is 11.5 Å². The largest absolute Gasteiger partial charge is 0.423 e. The average molecular weight is 784 g/mol. The van der Waals surface area contributed by atoms with Crippen LogP contribution in [0.4, 0.5) is 0 Å². The van der Waals surface area contributed by atoms with E-state index < -0.39 is 16.2 Å². The van der Waals surface area contributed by atoms with Gasteiger partial charge in [-0.2, -0.15) is 8.42 Å². The smallest absolute Gasteiger partial charge is 0.311 e. The predicted octanol–water partition coefficient (Wildman–Crippen LogP) is 12.0. The molecule has 3 N–H and O–H groups in total. The summed E-state index contributed by atoms with van der Waals surface area (Å²) in [6, 6.07) is 5.26. The first-order valence-electron chi connectivity index (χ1n) is 21.8. The number of aliphatic hydroxyl groups is 1. The third-order valence-corrected chi connectivity index (χ3v) is 9.49. The Hall–Kier alpha value is -2.01. The quantitative estimate of drug-likeness (QED) is 0.0270. The van der Waals surface area contributed by atoms with E-state index in [1.165, 1.54) is 128 Å². The molecule has 1 aromatic carbocycles. The molecule has 0 spiro atoms.